The number of carbonyl (C=O) groups excluding carboxylic acids is 3. The number of hydrogen-bond donors (Lipinski definition) is 2. The van der Waals surface area contributed by atoms with E-state index in [9.17, 15) is 22.8 Å². The van der Waals surface area contributed by atoms with Crippen molar-refractivity contribution in [3.8, 4) is 11.5 Å². The van der Waals surface area contributed by atoms with Gasteiger partial charge >= 0.3 is 10.1 Å². The van der Waals surface area contributed by atoms with E-state index >= 15 is 0 Å². The van der Waals surface area contributed by atoms with Crippen LogP contribution in [0.2, 0.25) is 0 Å². The van der Waals surface area contributed by atoms with Crippen LogP contribution in [0.5, 0.6) is 11.5 Å². The summed E-state index contributed by atoms with van der Waals surface area (Å²) in [5.74, 6) is -0.653. The van der Waals surface area contributed by atoms with Gasteiger partial charge in [-0.2, -0.15) is 8.42 Å². The van der Waals surface area contributed by atoms with Crippen molar-refractivity contribution < 1.29 is 31.7 Å². The first-order valence-electron chi connectivity index (χ1n) is 9.02. The number of benzene rings is 2. The Kier molecular flexibility index (Phi) is 6.66. The first-order valence-corrected chi connectivity index (χ1v) is 11.2. The van der Waals surface area contributed by atoms with E-state index in [-0.39, 0.29) is 33.8 Å². The number of hydrogen-bond acceptors (Lipinski definition) is 8. The van der Waals surface area contributed by atoms with Crippen LogP contribution in [0.15, 0.2) is 52.3 Å². The average Bonchev–Trinajstić information content (AvgIpc) is 3.00. The second-order valence-corrected chi connectivity index (χ2v) is 8.80. The molecular weight excluding hydrogens is 444 g/mol. The van der Waals surface area contributed by atoms with Crippen molar-refractivity contribution >= 4 is 50.7 Å². The fourth-order valence-corrected chi connectivity index (χ4v) is 4.22. The number of imide groups is 1. The highest BCUT2D eigenvalue weighted by atomic mass is 32.2. The van der Waals surface area contributed by atoms with Gasteiger partial charge in [-0.3, -0.25) is 19.7 Å². The molecule has 2 aromatic rings. The minimum Gasteiger partial charge on any atom is -0.490 e. The highest BCUT2D eigenvalue weighted by molar-refractivity contribution is 8.18. The van der Waals surface area contributed by atoms with Gasteiger partial charge in [0.05, 0.1) is 11.5 Å². The van der Waals surface area contributed by atoms with Crippen LogP contribution in [0.25, 0.3) is 6.08 Å². The number of ether oxygens (including phenoxy) is 1. The minimum absolute atomic E-state index is 0.0328. The fourth-order valence-electron chi connectivity index (χ4n) is 2.60. The largest absolute Gasteiger partial charge is 0.490 e. The lowest BCUT2D eigenvalue weighted by Gasteiger charge is -2.13. The lowest BCUT2D eigenvalue weighted by atomic mass is 10.2. The molecule has 1 fully saturated rings. The Morgan fingerprint density at radius 1 is 1.13 bits per heavy atom. The van der Waals surface area contributed by atoms with Crippen LogP contribution in [0.1, 0.15) is 19.4 Å². The number of amides is 3. The smallest absolute Gasteiger partial charge is 0.339 e. The van der Waals surface area contributed by atoms with Crippen LogP contribution in [0.4, 0.5) is 10.5 Å². The molecule has 0 aliphatic carbocycles. The zero-order chi connectivity index (χ0) is 22.6. The zero-order valence-corrected chi connectivity index (χ0v) is 18.1. The third kappa shape index (κ3) is 5.64. The average molecular weight is 463 g/mol. The SMILES string of the molecule is CCOc1cc(/C=C2\SC(=O)NC2=O)ccc1OS(=O)(=O)c1ccc(NC(C)=O)cc1. The third-order valence-corrected chi connectivity index (χ3v) is 5.93. The van der Waals surface area contributed by atoms with Crippen molar-refractivity contribution in [2.45, 2.75) is 18.7 Å². The Bertz CT molecular complexity index is 1170. The van der Waals surface area contributed by atoms with Gasteiger partial charge < -0.3 is 14.2 Å². The van der Waals surface area contributed by atoms with Crippen LogP contribution in [0, 0.1) is 0 Å². The van der Waals surface area contributed by atoms with Gasteiger partial charge in [0, 0.05) is 12.6 Å². The molecule has 1 saturated heterocycles. The molecule has 3 rings (SSSR count). The molecule has 0 atom stereocenters. The highest BCUT2D eigenvalue weighted by Crippen LogP contribution is 2.33. The van der Waals surface area contributed by atoms with Crippen LogP contribution in [0.3, 0.4) is 0 Å². The van der Waals surface area contributed by atoms with Crippen LogP contribution >= 0.6 is 11.8 Å². The molecule has 1 aliphatic rings. The zero-order valence-electron chi connectivity index (χ0n) is 16.5. The van der Waals surface area contributed by atoms with Gasteiger partial charge in [-0.1, -0.05) is 6.07 Å². The van der Waals surface area contributed by atoms with E-state index in [0.717, 1.165) is 11.8 Å². The Morgan fingerprint density at radius 2 is 1.84 bits per heavy atom. The van der Waals surface area contributed by atoms with Gasteiger partial charge in [-0.15, -0.1) is 0 Å². The molecule has 11 heteroatoms. The second kappa shape index (κ2) is 9.23. The first kappa shape index (κ1) is 22.4. The summed E-state index contributed by atoms with van der Waals surface area (Å²) in [6.45, 7) is 3.32. The van der Waals surface area contributed by atoms with Gasteiger partial charge in [-0.25, -0.2) is 0 Å². The Hall–Kier alpha value is -3.31. The van der Waals surface area contributed by atoms with Gasteiger partial charge in [0.25, 0.3) is 11.1 Å². The molecule has 31 heavy (non-hydrogen) atoms. The van der Waals surface area contributed by atoms with E-state index in [2.05, 4.69) is 10.6 Å². The van der Waals surface area contributed by atoms with Crippen molar-refractivity contribution in [3.05, 3.63) is 52.9 Å². The van der Waals surface area contributed by atoms with Crippen molar-refractivity contribution in [2.24, 2.45) is 0 Å². The van der Waals surface area contributed by atoms with E-state index < -0.39 is 21.3 Å². The molecule has 1 aliphatic heterocycles. The molecule has 0 saturated carbocycles. The third-order valence-electron chi connectivity index (χ3n) is 3.87. The Labute approximate surface area is 182 Å². The van der Waals surface area contributed by atoms with E-state index in [4.69, 9.17) is 8.92 Å². The molecule has 1 heterocycles. The molecule has 0 bridgehead atoms. The van der Waals surface area contributed by atoms with Crippen molar-refractivity contribution in [3.63, 3.8) is 0 Å². The normalized spacial score (nSPS) is 15.0. The maximum absolute atomic E-state index is 12.7. The topological polar surface area (TPSA) is 128 Å². The Balaban J connectivity index is 1.86. The van der Waals surface area contributed by atoms with E-state index in [1.54, 1.807) is 6.92 Å². The van der Waals surface area contributed by atoms with Gasteiger partial charge in [0.2, 0.25) is 5.91 Å². The van der Waals surface area contributed by atoms with Crippen molar-refractivity contribution in [2.75, 3.05) is 11.9 Å². The van der Waals surface area contributed by atoms with Crippen LogP contribution in [-0.2, 0) is 19.7 Å². The summed E-state index contributed by atoms with van der Waals surface area (Å²) in [6, 6.07) is 9.97. The van der Waals surface area contributed by atoms with Crippen LogP contribution in [-0.4, -0.2) is 32.1 Å². The summed E-state index contributed by atoms with van der Waals surface area (Å²) in [5.41, 5.74) is 0.978. The number of anilines is 1. The minimum atomic E-state index is -4.17. The molecule has 2 aromatic carbocycles. The van der Waals surface area contributed by atoms with Gasteiger partial charge in [-0.05, 0) is 66.7 Å². The van der Waals surface area contributed by atoms with Crippen LogP contribution < -0.4 is 19.6 Å². The predicted octanol–water partition coefficient (Wildman–Crippen LogP) is 3.14. The lowest BCUT2D eigenvalue weighted by Crippen LogP contribution is -2.17. The molecular formula is C20H18N2O7S2. The monoisotopic (exact) mass is 462 g/mol. The Morgan fingerprint density at radius 3 is 2.42 bits per heavy atom. The second-order valence-electron chi connectivity index (χ2n) is 6.23. The summed E-state index contributed by atoms with van der Waals surface area (Å²) in [4.78, 5) is 34.2. The van der Waals surface area contributed by atoms with E-state index in [1.165, 1.54) is 55.5 Å². The van der Waals surface area contributed by atoms with Gasteiger partial charge in [0.1, 0.15) is 4.90 Å². The number of thioether (sulfide) groups is 1. The molecule has 162 valence electrons. The molecule has 0 radical (unpaired) electrons. The summed E-state index contributed by atoms with van der Waals surface area (Å²) in [7, 11) is -4.17. The van der Waals surface area contributed by atoms with Gasteiger partial charge in [0.15, 0.2) is 11.5 Å². The summed E-state index contributed by atoms with van der Waals surface area (Å²) >= 11 is 0.771. The number of rotatable bonds is 7. The molecule has 9 nitrogen and oxygen atoms in total. The lowest BCUT2D eigenvalue weighted by molar-refractivity contribution is -0.115. The maximum Gasteiger partial charge on any atom is 0.339 e. The van der Waals surface area contributed by atoms with E-state index in [1.807, 2.05) is 0 Å². The fraction of sp³-hybridized carbons (Fsp3) is 0.150. The molecule has 0 aromatic heterocycles. The first-order chi connectivity index (χ1) is 14.7. The maximum atomic E-state index is 12.7. The molecule has 0 unspecified atom stereocenters. The summed E-state index contributed by atoms with van der Waals surface area (Å²) in [6.07, 6.45) is 1.49. The standard InChI is InChI=1S/C20H18N2O7S2/c1-3-28-17-10-13(11-18-19(24)22-20(25)30-18)4-9-16(17)29-31(26,27)15-7-5-14(6-8-15)21-12(2)23/h4-11H,3H2,1-2H3,(H,21,23)(H,22,24,25)/b18-11-. The number of nitrogens with one attached hydrogen (secondary N) is 2. The van der Waals surface area contributed by atoms with Crippen molar-refractivity contribution in [1.82, 2.24) is 5.32 Å². The molecule has 0 spiro atoms. The van der Waals surface area contributed by atoms with Crippen molar-refractivity contribution in [1.29, 1.82) is 0 Å². The number of carbonyl (C=O) groups is 3. The molecule has 2 N–H and O–H groups in total. The predicted molar refractivity (Wildman–Crippen MR) is 115 cm³/mol. The highest BCUT2D eigenvalue weighted by Gasteiger charge is 2.25. The summed E-state index contributed by atoms with van der Waals surface area (Å²) < 4.78 is 36.1. The summed E-state index contributed by atoms with van der Waals surface area (Å²) in [5, 5.41) is 4.25. The molecule has 3 amide bonds. The van der Waals surface area contributed by atoms with E-state index in [0.29, 0.717) is 11.3 Å². The quantitative estimate of drug-likeness (QED) is 0.474.